The summed E-state index contributed by atoms with van der Waals surface area (Å²) in [6.45, 7) is 0. The van der Waals surface area contributed by atoms with Gasteiger partial charge in [-0.1, -0.05) is 206 Å². The van der Waals surface area contributed by atoms with Gasteiger partial charge in [-0.05, 0) is 75.0 Å². The maximum atomic E-state index is 2.51. The topological polar surface area (TPSA) is 8.17 Å². The van der Waals surface area contributed by atoms with Gasteiger partial charge >= 0.3 is 0 Å². The molecule has 0 saturated carbocycles. The van der Waals surface area contributed by atoms with E-state index in [-0.39, 0.29) is 0 Å². The number of aromatic nitrogens is 1. The Morgan fingerprint density at radius 2 is 0.767 bits per heavy atom. The molecule has 60 heavy (non-hydrogen) atoms. The third kappa shape index (κ3) is 6.14. The van der Waals surface area contributed by atoms with E-state index in [1.54, 1.807) is 0 Å². The summed E-state index contributed by atoms with van der Waals surface area (Å²) in [4.78, 5) is 2.44. The lowest BCUT2D eigenvalue weighted by Gasteiger charge is -2.29. The van der Waals surface area contributed by atoms with Gasteiger partial charge in [0.2, 0.25) is 0 Å². The van der Waals surface area contributed by atoms with E-state index < -0.39 is 0 Å². The highest BCUT2D eigenvalue weighted by Gasteiger charge is 2.23. The molecule has 11 aromatic rings. The second kappa shape index (κ2) is 15.1. The highest BCUT2D eigenvalue weighted by molar-refractivity contribution is 6.12. The minimum absolute atomic E-state index is 1.07. The summed E-state index contributed by atoms with van der Waals surface area (Å²) in [6.07, 6.45) is 0. The maximum Gasteiger partial charge on any atom is 0.0618 e. The van der Waals surface area contributed by atoms with Crippen molar-refractivity contribution in [2.75, 3.05) is 4.90 Å². The normalized spacial score (nSPS) is 11.3. The number of anilines is 3. The van der Waals surface area contributed by atoms with Gasteiger partial charge in [0.05, 0.1) is 22.4 Å². The van der Waals surface area contributed by atoms with Crippen LogP contribution in [0.1, 0.15) is 0 Å². The van der Waals surface area contributed by atoms with Crippen LogP contribution in [0, 0.1) is 0 Å². The Labute approximate surface area is 350 Å². The van der Waals surface area contributed by atoms with Crippen LogP contribution in [0.4, 0.5) is 17.1 Å². The van der Waals surface area contributed by atoms with Crippen molar-refractivity contribution in [3.05, 3.63) is 243 Å². The molecule has 0 unspecified atom stereocenters. The monoisotopic (exact) mass is 764 g/mol. The van der Waals surface area contributed by atoms with Gasteiger partial charge in [0.25, 0.3) is 0 Å². The Hall–Kier alpha value is -7.94. The van der Waals surface area contributed by atoms with Crippen molar-refractivity contribution in [2.45, 2.75) is 0 Å². The highest BCUT2D eigenvalue weighted by atomic mass is 15.1. The first-order valence-corrected chi connectivity index (χ1v) is 20.6. The molecule has 11 rings (SSSR count). The average molecular weight is 765 g/mol. The second-order valence-electron chi connectivity index (χ2n) is 15.3. The fourth-order valence-corrected chi connectivity index (χ4v) is 9.04. The van der Waals surface area contributed by atoms with Gasteiger partial charge in [-0.2, -0.15) is 0 Å². The molecule has 0 bridgehead atoms. The standard InChI is InChI=1S/C58H40N2/c1-4-18-41(19-5-1)42-34-36-46(37-35-42)59(55-32-14-12-27-52(55)51-31-16-25-43-24-10-11-26-48(43)51)47-38-39-54-53-28-13-15-33-56(53)60(57(54)40-47)58-49(44-20-6-2-7-21-44)29-17-30-50(58)45-22-8-3-9-23-45/h1-40H. The first kappa shape index (κ1) is 35.2. The van der Waals surface area contributed by atoms with Crippen molar-refractivity contribution in [1.82, 2.24) is 4.57 Å². The van der Waals surface area contributed by atoms with Crippen molar-refractivity contribution in [2.24, 2.45) is 0 Å². The Morgan fingerprint density at radius 3 is 1.48 bits per heavy atom. The van der Waals surface area contributed by atoms with E-state index >= 15 is 0 Å². The van der Waals surface area contributed by atoms with Crippen LogP contribution in [-0.2, 0) is 0 Å². The smallest absolute Gasteiger partial charge is 0.0618 e. The molecule has 0 atom stereocenters. The molecule has 0 aliphatic carbocycles. The summed E-state index contributed by atoms with van der Waals surface area (Å²) in [5.41, 5.74) is 16.2. The molecule has 282 valence electrons. The van der Waals surface area contributed by atoms with Crippen LogP contribution < -0.4 is 4.90 Å². The first-order valence-electron chi connectivity index (χ1n) is 20.6. The zero-order valence-corrected chi connectivity index (χ0v) is 33.0. The molecule has 10 aromatic carbocycles. The van der Waals surface area contributed by atoms with Crippen molar-refractivity contribution in [3.8, 4) is 50.2 Å². The molecule has 0 saturated heterocycles. The van der Waals surface area contributed by atoms with E-state index in [1.165, 1.54) is 71.6 Å². The summed E-state index contributed by atoms with van der Waals surface area (Å²) < 4.78 is 2.51. The molecule has 1 heterocycles. The van der Waals surface area contributed by atoms with E-state index in [4.69, 9.17) is 0 Å². The summed E-state index contributed by atoms with van der Waals surface area (Å²) in [5, 5.41) is 4.88. The number of rotatable bonds is 8. The Kier molecular flexibility index (Phi) is 8.87. The minimum atomic E-state index is 1.07. The zero-order valence-electron chi connectivity index (χ0n) is 33.0. The van der Waals surface area contributed by atoms with Gasteiger partial charge in [0.15, 0.2) is 0 Å². The third-order valence-corrected chi connectivity index (χ3v) is 11.8. The van der Waals surface area contributed by atoms with Gasteiger partial charge in [-0.15, -0.1) is 0 Å². The van der Waals surface area contributed by atoms with E-state index in [0.717, 1.165) is 28.3 Å². The average Bonchev–Trinajstić information content (AvgIpc) is 3.66. The molecular weight excluding hydrogens is 725 g/mol. The van der Waals surface area contributed by atoms with E-state index in [1.807, 2.05) is 0 Å². The van der Waals surface area contributed by atoms with Gasteiger partial charge in [0, 0.05) is 38.8 Å². The van der Waals surface area contributed by atoms with E-state index in [2.05, 4.69) is 252 Å². The Bertz CT molecular complexity index is 3230. The van der Waals surface area contributed by atoms with Crippen LogP contribution in [0.5, 0.6) is 0 Å². The number of para-hydroxylation sites is 3. The summed E-state index contributed by atoms with van der Waals surface area (Å²) in [5.74, 6) is 0. The molecule has 0 fully saturated rings. The van der Waals surface area contributed by atoms with Gasteiger partial charge in [0.1, 0.15) is 0 Å². The van der Waals surface area contributed by atoms with Gasteiger partial charge in [-0.3, -0.25) is 0 Å². The SMILES string of the molecule is c1ccc(-c2ccc(N(c3ccc4c5ccccc5n(-c5c(-c6ccccc6)cccc5-c5ccccc5)c4c3)c3ccccc3-c3cccc4ccccc34)cc2)cc1. The number of hydrogen-bond acceptors (Lipinski definition) is 1. The van der Waals surface area contributed by atoms with Crippen LogP contribution in [0.3, 0.4) is 0 Å². The van der Waals surface area contributed by atoms with E-state index in [0.29, 0.717) is 0 Å². The van der Waals surface area contributed by atoms with Crippen LogP contribution >= 0.6 is 0 Å². The summed E-state index contributed by atoms with van der Waals surface area (Å²) >= 11 is 0. The first-order chi connectivity index (χ1) is 29.8. The molecule has 2 nitrogen and oxygen atoms in total. The van der Waals surface area contributed by atoms with Crippen LogP contribution in [-0.4, -0.2) is 4.57 Å². The lowest BCUT2D eigenvalue weighted by Crippen LogP contribution is -2.11. The predicted molar refractivity (Wildman–Crippen MR) is 255 cm³/mol. The predicted octanol–water partition coefficient (Wildman–Crippen LogP) is 16.1. The quantitative estimate of drug-likeness (QED) is 0.150. The van der Waals surface area contributed by atoms with Crippen molar-refractivity contribution in [1.29, 1.82) is 0 Å². The van der Waals surface area contributed by atoms with E-state index in [9.17, 15) is 0 Å². The van der Waals surface area contributed by atoms with Crippen molar-refractivity contribution in [3.63, 3.8) is 0 Å². The van der Waals surface area contributed by atoms with Crippen molar-refractivity contribution < 1.29 is 0 Å². The lowest BCUT2D eigenvalue weighted by molar-refractivity contribution is 1.18. The second-order valence-corrected chi connectivity index (χ2v) is 15.3. The Morgan fingerprint density at radius 1 is 0.283 bits per heavy atom. The molecule has 0 spiro atoms. The van der Waals surface area contributed by atoms with Crippen LogP contribution in [0.15, 0.2) is 243 Å². The number of nitrogens with zero attached hydrogens (tertiary/aromatic N) is 2. The van der Waals surface area contributed by atoms with Crippen LogP contribution in [0.25, 0.3) is 82.8 Å². The molecule has 0 N–H and O–H groups in total. The molecule has 0 radical (unpaired) electrons. The van der Waals surface area contributed by atoms with Gasteiger partial charge < -0.3 is 9.47 Å². The minimum Gasteiger partial charge on any atom is -0.310 e. The summed E-state index contributed by atoms with van der Waals surface area (Å²) in [6, 6.07) is 88.0. The zero-order chi connectivity index (χ0) is 39.8. The molecule has 1 aromatic heterocycles. The summed E-state index contributed by atoms with van der Waals surface area (Å²) in [7, 11) is 0. The molecule has 2 heteroatoms. The fraction of sp³-hybridized carbons (Fsp3) is 0. The Balaban J connectivity index is 1.20. The largest absolute Gasteiger partial charge is 0.310 e. The molecular formula is C58H40N2. The van der Waals surface area contributed by atoms with Crippen LogP contribution in [0.2, 0.25) is 0 Å². The van der Waals surface area contributed by atoms with Gasteiger partial charge in [-0.25, -0.2) is 0 Å². The number of fused-ring (bicyclic) bond motifs is 4. The fourth-order valence-electron chi connectivity index (χ4n) is 9.04. The maximum absolute atomic E-state index is 2.51. The lowest BCUT2D eigenvalue weighted by atomic mass is 9.95. The third-order valence-electron chi connectivity index (χ3n) is 11.8. The highest BCUT2D eigenvalue weighted by Crippen LogP contribution is 2.46. The molecule has 0 aliphatic heterocycles. The number of hydrogen-bond donors (Lipinski definition) is 0. The number of benzene rings is 10. The van der Waals surface area contributed by atoms with Crippen molar-refractivity contribution >= 4 is 49.6 Å². The molecule has 0 aliphatic rings. The molecule has 0 amide bonds.